The Morgan fingerprint density at radius 2 is 1.87 bits per heavy atom. The van der Waals surface area contributed by atoms with Gasteiger partial charge in [0.2, 0.25) is 0 Å². The molecule has 2 aromatic heterocycles. The van der Waals surface area contributed by atoms with Crippen LogP contribution in [0.2, 0.25) is 0 Å². The Hall–Kier alpha value is -3.45. The summed E-state index contributed by atoms with van der Waals surface area (Å²) in [4.78, 5) is 21.2. The van der Waals surface area contributed by atoms with Crippen molar-refractivity contribution in [1.29, 1.82) is 0 Å². The summed E-state index contributed by atoms with van der Waals surface area (Å²) < 4.78 is 12.6. The fraction of sp³-hybridized carbons (Fsp3) is 0.174. The second-order valence-electron chi connectivity index (χ2n) is 6.61. The molecule has 1 amide bonds. The van der Waals surface area contributed by atoms with Crippen molar-refractivity contribution < 1.29 is 14.3 Å². The Morgan fingerprint density at radius 1 is 1.03 bits per heavy atom. The number of hydrogen-bond acceptors (Lipinski definition) is 6. The van der Waals surface area contributed by atoms with Crippen molar-refractivity contribution in [2.75, 3.05) is 11.9 Å². The van der Waals surface area contributed by atoms with Crippen molar-refractivity contribution >= 4 is 33.1 Å². The standard InChI is InChI=1S/C23H21N3O3S/c1-3-28-21-12-17(4-7-20(21)29-14-16-8-10-24-11-9-16)23(27)26-18-5-6-19-22(13-18)30-15(2)25-19/h4-13H,3,14H2,1-2H3,(H,26,27). The zero-order chi connectivity index (χ0) is 20.9. The highest BCUT2D eigenvalue weighted by Crippen LogP contribution is 2.30. The van der Waals surface area contributed by atoms with Crippen LogP contribution in [0, 0.1) is 6.92 Å². The third kappa shape index (κ3) is 4.58. The van der Waals surface area contributed by atoms with Crippen LogP contribution in [0.3, 0.4) is 0 Å². The maximum absolute atomic E-state index is 12.8. The molecular formula is C23H21N3O3S. The molecule has 0 saturated heterocycles. The second kappa shape index (κ2) is 8.92. The number of thiazole rings is 1. The predicted molar refractivity (Wildman–Crippen MR) is 118 cm³/mol. The van der Waals surface area contributed by atoms with Crippen LogP contribution < -0.4 is 14.8 Å². The van der Waals surface area contributed by atoms with Gasteiger partial charge in [-0.15, -0.1) is 11.3 Å². The molecule has 0 bridgehead atoms. The molecule has 0 unspecified atom stereocenters. The molecule has 0 atom stereocenters. The lowest BCUT2D eigenvalue weighted by Gasteiger charge is -2.13. The fourth-order valence-electron chi connectivity index (χ4n) is 3.00. The monoisotopic (exact) mass is 419 g/mol. The molecule has 0 aliphatic heterocycles. The summed E-state index contributed by atoms with van der Waals surface area (Å²) in [6.45, 7) is 4.72. The molecule has 152 valence electrons. The first-order valence-electron chi connectivity index (χ1n) is 9.59. The van der Waals surface area contributed by atoms with Gasteiger partial charge < -0.3 is 14.8 Å². The Balaban J connectivity index is 1.50. The van der Waals surface area contributed by atoms with Crippen molar-refractivity contribution in [2.24, 2.45) is 0 Å². The van der Waals surface area contributed by atoms with Crippen LogP contribution in [0.15, 0.2) is 60.9 Å². The van der Waals surface area contributed by atoms with Crippen LogP contribution in [0.25, 0.3) is 10.2 Å². The minimum atomic E-state index is -0.211. The smallest absolute Gasteiger partial charge is 0.255 e. The topological polar surface area (TPSA) is 73.3 Å². The summed E-state index contributed by atoms with van der Waals surface area (Å²) in [5.74, 6) is 0.914. The van der Waals surface area contributed by atoms with E-state index in [1.54, 1.807) is 41.9 Å². The normalized spacial score (nSPS) is 10.7. The number of anilines is 1. The highest BCUT2D eigenvalue weighted by Gasteiger charge is 2.13. The zero-order valence-electron chi connectivity index (χ0n) is 16.7. The predicted octanol–water partition coefficient (Wildman–Crippen LogP) is 5.23. The van der Waals surface area contributed by atoms with E-state index >= 15 is 0 Å². The lowest BCUT2D eigenvalue weighted by atomic mass is 10.1. The van der Waals surface area contributed by atoms with E-state index in [4.69, 9.17) is 9.47 Å². The number of nitrogens with one attached hydrogen (secondary N) is 1. The van der Waals surface area contributed by atoms with Gasteiger partial charge in [-0.2, -0.15) is 0 Å². The summed E-state index contributed by atoms with van der Waals surface area (Å²) in [5, 5.41) is 3.94. The molecule has 4 aromatic rings. The average molecular weight is 420 g/mol. The maximum atomic E-state index is 12.8. The van der Waals surface area contributed by atoms with Gasteiger partial charge in [-0.05, 0) is 67.9 Å². The van der Waals surface area contributed by atoms with E-state index in [-0.39, 0.29) is 5.91 Å². The van der Waals surface area contributed by atoms with E-state index in [2.05, 4.69) is 15.3 Å². The highest BCUT2D eigenvalue weighted by atomic mass is 32.1. The zero-order valence-corrected chi connectivity index (χ0v) is 17.5. The Bertz CT molecular complexity index is 1180. The lowest BCUT2D eigenvalue weighted by molar-refractivity contribution is 0.102. The van der Waals surface area contributed by atoms with Gasteiger partial charge >= 0.3 is 0 Å². The van der Waals surface area contributed by atoms with Gasteiger partial charge in [0.15, 0.2) is 11.5 Å². The SMILES string of the molecule is CCOc1cc(C(=O)Nc2ccc3nc(C)sc3c2)ccc1OCc1ccncc1. The number of carbonyl (C=O) groups is 1. The number of amides is 1. The molecule has 1 N–H and O–H groups in total. The summed E-state index contributed by atoms with van der Waals surface area (Å²) in [6.07, 6.45) is 3.45. The Labute approximate surface area is 178 Å². The van der Waals surface area contributed by atoms with E-state index in [1.165, 1.54) is 0 Å². The van der Waals surface area contributed by atoms with Gasteiger partial charge in [-0.1, -0.05) is 0 Å². The molecule has 2 heterocycles. The van der Waals surface area contributed by atoms with Crippen molar-refractivity contribution in [3.05, 3.63) is 77.1 Å². The molecule has 4 rings (SSSR count). The van der Waals surface area contributed by atoms with Crippen molar-refractivity contribution in [3.63, 3.8) is 0 Å². The number of nitrogens with zero attached hydrogens (tertiary/aromatic N) is 2. The first-order valence-corrected chi connectivity index (χ1v) is 10.4. The molecule has 7 heteroatoms. The van der Waals surface area contributed by atoms with Gasteiger partial charge in [0.05, 0.1) is 21.8 Å². The molecule has 0 saturated carbocycles. The summed E-state index contributed by atoms with van der Waals surface area (Å²) in [7, 11) is 0. The van der Waals surface area contributed by atoms with Gasteiger partial charge in [-0.3, -0.25) is 9.78 Å². The van der Waals surface area contributed by atoms with Crippen molar-refractivity contribution in [1.82, 2.24) is 9.97 Å². The number of carbonyl (C=O) groups excluding carboxylic acids is 1. The third-order valence-corrected chi connectivity index (χ3v) is 5.34. The van der Waals surface area contributed by atoms with E-state index in [0.717, 1.165) is 26.5 Å². The molecule has 0 spiro atoms. The van der Waals surface area contributed by atoms with E-state index < -0.39 is 0 Å². The molecule has 30 heavy (non-hydrogen) atoms. The average Bonchev–Trinajstić information content (AvgIpc) is 3.13. The van der Waals surface area contributed by atoms with Crippen LogP contribution >= 0.6 is 11.3 Å². The van der Waals surface area contributed by atoms with Crippen LogP contribution in [-0.2, 0) is 6.61 Å². The van der Waals surface area contributed by atoms with Crippen molar-refractivity contribution in [2.45, 2.75) is 20.5 Å². The van der Waals surface area contributed by atoms with Crippen LogP contribution in [-0.4, -0.2) is 22.5 Å². The minimum Gasteiger partial charge on any atom is -0.490 e. The molecule has 0 fully saturated rings. The summed E-state index contributed by atoms with van der Waals surface area (Å²) in [5.41, 5.74) is 3.16. The first kappa shape index (κ1) is 19.8. The van der Waals surface area contributed by atoms with Gasteiger partial charge in [-0.25, -0.2) is 4.98 Å². The number of pyridine rings is 1. The number of rotatable bonds is 7. The number of fused-ring (bicyclic) bond motifs is 1. The minimum absolute atomic E-state index is 0.211. The highest BCUT2D eigenvalue weighted by molar-refractivity contribution is 7.18. The van der Waals surface area contributed by atoms with Gasteiger partial charge in [0.25, 0.3) is 5.91 Å². The lowest BCUT2D eigenvalue weighted by Crippen LogP contribution is -2.12. The molecule has 2 aromatic carbocycles. The van der Waals surface area contributed by atoms with Crippen LogP contribution in [0.5, 0.6) is 11.5 Å². The van der Waals surface area contributed by atoms with Gasteiger partial charge in [0.1, 0.15) is 6.61 Å². The molecular weight excluding hydrogens is 398 g/mol. The number of hydrogen-bond donors (Lipinski definition) is 1. The van der Waals surface area contributed by atoms with E-state index in [0.29, 0.717) is 30.3 Å². The number of aryl methyl sites for hydroxylation is 1. The maximum Gasteiger partial charge on any atom is 0.255 e. The molecule has 6 nitrogen and oxygen atoms in total. The second-order valence-corrected chi connectivity index (χ2v) is 7.84. The van der Waals surface area contributed by atoms with Crippen LogP contribution in [0.1, 0.15) is 27.9 Å². The Kier molecular flexibility index (Phi) is 5.90. The number of benzene rings is 2. The molecule has 0 aliphatic rings. The summed E-state index contributed by atoms with van der Waals surface area (Å²) >= 11 is 1.60. The van der Waals surface area contributed by atoms with Gasteiger partial charge in [0, 0.05) is 23.6 Å². The quantitative estimate of drug-likeness (QED) is 0.444. The van der Waals surface area contributed by atoms with E-state index in [9.17, 15) is 4.79 Å². The molecule has 0 aliphatic carbocycles. The first-order chi connectivity index (χ1) is 14.6. The Morgan fingerprint density at radius 3 is 2.67 bits per heavy atom. The fourth-order valence-corrected chi connectivity index (χ4v) is 3.86. The van der Waals surface area contributed by atoms with E-state index in [1.807, 2.05) is 44.2 Å². The van der Waals surface area contributed by atoms with Crippen molar-refractivity contribution in [3.8, 4) is 11.5 Å². The largest absolute Gasteiger partial charge is 0.490 e. The summed E-state index contributed by atoms with van der Waals surface area (Å²) in [6, 6.07) is 14.7. The van der Waals surface area contributed by atoms with Crippen LogP contribution in [0.4, 0.5) is 5.69 Å². The molecule has 0 radical (unpaired) electrons. The number of ether oxygens (including phenoxy) is 2. The number of aromatic nitrogens is 2. The third-order valence-electron chi connectivity index (χ3n) is 4.40.